The molecule has 6 rings (SSSR count). The maximum atomic E-state index is 13.1. The zero-order valence-electron chi connectivity index (χ0n) is 18.3. The van der Waals surface area contributed by atoms with Crippen LogP contribution < -0.4 is 14.8 Å². The first-order valence-electron chi connectivity index (χ1n) is 10.8. The van der Waals surface area contributed by atoms with E-state index in [4.69, 9.17) is 9.47 Å². The number of hydrogen-bond donors (Lipinski definition) is 2. The fraction of sp³-hybridized carbons (Fsp3) is 0.417. The summed E-state index contributed by atoms with van der Waals surface area (Å²) in [5.74, 6) is 1.56. The van der Waals surface area contributed by atoms with Crippen LogP contribution in [0.2, 0.25) is 0 Å². The van der Waals surface area contributed by atoms with Crippen LogP contribution >= 0.6 is 0 Å². The second-order valence-electron chi connectivity index (χ2n) is 9.14. The number of H-pyrrole nitrogens is 1. The lowest BCUT2D eigenvalue weighted by molar-refractivity contribution is -0.137. The normalized spacial score (nSPS) is 24.3. The number of methoxy groups -OCH3 is 2. The van der Waals surface area contributed by atoms with Crippen molar-refractivity contribution in [2.45, 2.75) is 49.2 Å². The predicted octanol–water partition coefficient (Wildman–Crippen LogP) is 4.98. The molecule has 2 bridgehead atoms. The number of halogens is 3. The number of alkyl halides is 3. The van der Waals surface area contributed by atoms with E-state index < -0.39 is 11.7 Å². The number of amides is 1. The summed E-state index contributed by atoms with van der Waals surface area (Å²) in [6.07, 6.45) is -0.394. The van der Waals surface area contributed by atoms with E-state index in [2.05, 4.69) is 15.3 Å². The standard InChI is InChI=1S/C24H24F3N3O3/c1-32-16-8-14(9-17(11-16)33-2)20(31)30-23-7-3-6-22(12-23,13-23)21-28-18-5-4-15(24(25,26)27)10-19(18)29-21/h4-5,8-11H,3,6-7,12-13H2,1-2H3,(H,28,29)(H,30,31). The summed E-state index contributed by atoms with van der Waals surface area (Å²) < 4.78 is 49.8. The molecule has 3 aromatic rings. The Labute approximate surface area is 188 Å². The lowest BCUT2D eigenvalue weighted by Gasteiger charge is -2.60. The fourth-order valence-electron chi connectivity index (χ4n) is 5.49. The molecule has 2 N–H and O–H groups in total. The molecule has 3 fully saturated rings. The molecule has 0 atom stereocenters. The first kappa shape index (κ1) is 21.6. The number of aromatic nitrogens is 2. The first-order valence-corrected chi connectivity index (χ1v) is 10.8. The largest absolute Gasteiger partial charge is 0.497 e. The molecule has 1 heterocycles. The van der Waals surface area contributed by atoms with Crippen molar-refractivity contribution in [3.8, 4) is 11.5 Å². The Kier molecular flexibility index (Phi) is 4.84. The molecule has 3 aliphatic rings. The molecule has 33 heavy (non-hydrogen) atoms. The summed E-state index contributed by atoms with van der Waals surface area (Å²) in [4.78, 5) is 20.8. The summed E-state index contributed by atoms with van der Waals surface area (Å²) in [6.45, 7) is 0. The van der Waals surface area contributed by atoms with Crippen LogP contribution in [-0.2, 0) is 11.6 Å². The third-order valence-electron chi connectivity index (χ3n) is 6.97. The molecule has 1 amide bonds. The molecule has 0 saturated heterocycles. The lowest BCUT2D eigenvalue weighted by atomic mass is 9.49. The average molecular weight is 459 g/mol. The molecule has 0 unspecified atom stereocenters. The van der Waals surface area contributed by atoms with Crippen LogP contribution in [0.1, 0.15) is 53.8 Å². The van der Waals surface area contributed by atoms with Gasteiger partial charge in [0.05, 0.1) is 30.8 Å². The van der Waals surface area contributed by atoms with Crippen molar-refractivity contribution < 1.29 is 27.4 Å². The molecule has 0 aliphatic heterocycles. The van der Waals surface area contributed by atoms with Gasteiger partial charge in [0.2, 0.25) is 0 Å². The minimum atomic E-state index is -4.40. The summed E-state index contributed by atoms with van der Waals surface area (Å²) in [5.41, 5.74) is 0.0200. The van der Waals surface area contributed by atoms with Crippen molar-refractivity contribution in [2.24, 2.45) is 0 Å². The van der Waals surface area contributed by atoms with Gasteiger partial charge in [0.25, 0.3) is 5.91 Å². The van der Waals surface area contributed by atoms with E-state index in [-0.39, 0.29) is 16.9 Å². The number of imidazole rings is 1. The minimum Gasteiger partial charge on any atom is -0.497 e. The number of nitrogens with zero attached hydrogens (tertiary/aromatic N) is 1. The number of carbonyl (C=O) groups excluding carboxylic acids is 1. The predicted molar refractivity (Wildman–Crippen MR) is 116 cm³/mol. The molecule has 2 aromatic carbocycles. The quantitative estimate of drug-likeness (QED) is 0.564. The first-order chi connectivity index (χ1) is 15.7. The number of hydrogen-bond acceptors (Lipinski definition) is 4. The number of rotatable bonds is 5. The second-order valence-corrected chi connectivity index (χ2v) is 9.14. The Balaban J connectivity index is 1.37. The van der Waals surface area contributed by atoms with Crippen LogP contribution in [0.25, 0.3) is 11.0 Å². The van der Waals surface area contributed by atoms with Gasteiger partial charge in [-0.05, 0) is 56.0 Å². The van der Waals surface area contributed by atoms with Crippen molar-refractivity contribution in [3.05, 3.63) is 53.3 Å². The number of carbonyl (C=O) groups is 1. The maximum Gasteiger partial charge on any atom is 0.416 e. The van der Waals surface area contributed by atoms with E-state index in [0.29, 0.717) is 46.8 Å². The van der Waals surface area contributed by atoms with E-state index in [1.54, 1.807) is 18.2 Å². The maximum absolute atomic E-state index is 13.1. The molecule has 1 aromatic heterocycles. The van der Waals surface area contributed by atoms with E-state index in [9.17, 15) is 18.0 Å². The van der Waals surface area contributed by atoms with Crippen LogP contribution in [0.3, 0.4) is 0 Å². The van der Waals surface area contributed by atoms with Crippen LogP contribution in [0.5, 0.6) is 11.5 Å². The lowest BCUT2D eigenvalue weighted by Crippen LogP contribution is -2.66. The third-order valence-corrected chi connectivity index (χ3v) is 6.97. The SMILES string of the molecule is COc1cc(OC)cc(C(=O)NC23CCCC(c4nc5ccc(C(F)(F)F)cc5[nH]4)(C2)C3)c1. The minimum absolute atomic E-state index is 0.206. The fourth-order valence-corrected chi connectivity index (χ4v) is 5.49. The topological polar surface area (TPSA) is 76.2 Å². The van der Waals surface area contributed by atoms with Crippen LogP contribution in [0, 0.1) is 0 Å². The smallest absolute Gasteiger partial charge is 0.416 e. The second kappa shape index (κ2) is 7.40. The summed E-state index contributed by atoms with van der Waals surface area (Å²) in [6, 6.07) is 8.60. The van der Waals surface area contributed by atoms with Gasteiger partial charge >= 0.3 is 6.18 Å². The van der Waals surface area contributed by atoms with Gasteiger partial charge in [-0.25, -0.2) is 4.98 Å². The van der Waals surface area contributed by atoms with Crippen molar-refractivity contribution >= 4 is 16.9 Å². The average Bonchev–Trinajstić information content (AvgIpc) is 3.22. The summed E-state index contributed by atoms with van der Waals surface area (Å²) in [7, 11) is 3.06. The highest BCUT2D eigenvalue weighted by Crippen LogP contribution is 2.58. The van der Waals surface area contributed by atoms with Crippen molar-refractivity contribution in [2.75, 3.05) is 14.2 Å². The Hall–Kier alpha value is -3.23. The number of aromatic amines is 1. The molecule has 0 radical (unpaired) electrons. The van der Waals surface area contributed by atoms with Gasteiger partial charge in [0.1, 0.15) is 17.3 Å². The van der Waals surface area contributed by atoms with Gasteiger partial charge in [-0.15, -0.1) is 0 Å². The molecular weight excluding hydrogens is 435 g/mol. The number of benzene rings is 2. The van der Waals surface area contributed by atoms with Gasteiger partial charge < -0.3 is 19.8 Å². The molecule has 6 nitrogen and oxygen atoms in total. The highest BCUT2D eigenvalue weighted by Gasteiger charge is 2.60. The number of nitrogens with one attached hydrogen (secondary N) is 2. The van der Waals surface area contributed by atoms with Crippen molar-refractivity contribution in [3.63, 3.8) is 0 Å². The van der Waals surface area contributed by atoms with Crippen LogP contribution in [0.15, 0.2) is 36.4 Å². The van der Waals surface area contributed by atoms with Gasteiger partial charge in [0, 0.05) is 22.6 Å². The molecule has 0 spiro atoms. The van der Waals surface area contributed by atoms with Crippen molar-refractivity contribution in [1.82, 2.24) is 15.3 Å². The zero-order chi connectivity index (χ0) is 23.4. The van der Waals surface area contributed by atoms with E-state index >= 15 is 0 Å². The Bertz CT molecular complexity index is 1210. The number of ether oxygens (including phenoxy) is 2. The van der Waals surface area contributed by atoms with Crippen molar-refractivity contribution in [1.29, 1.82) is 0 Å². The van der Waals surface area contributed by atoms with E-state index in [1.165, 1.54) is 20.3 Å². The Morgan fingerprint density at radius 3 is 2.39 bits per heavy atom. The van der Waals surface area contributed by atoms with Crippen LogP contribution in [0.4, 0.5) is 13.2 Å². The Morgan fingerprint density at radius 2 is 1.76 bits per heavy atom. The van der Waals surface area contributed by atoms with Gasteiger partial charge in [-0.3, -0.25) is 4.79 Å². The molecule has 3 aliphatic carbocycles. The van der Waals surface area contributed by atoms with Gasteiger partial charge in [-0.1, -0.05) is 6.42 Å². The monoisotopic (exact) mass is 459 g/mol. The highest BCUT2D eigenvalue weighted by molar-refractivity contribution is 5.95. The molecule has 174 valence electrons. The summed E-state index contributed by atoms with van der Waals surface area (Å²) in [5, 5.41) is 3.20. The highest BCUT2D eigenvalue weighted by atomic mass is 19.4. The van der Waals surface area contributed by atoms with Gasteiger partial charge in [0.15, 0.2) is 0 Å². The summed E-state index contributed by atoms with van der Waals surface area (Å²) >= 11 is 0. The Morgan fingerprint density at radius 1 is 1.06 bits per heavy atom. The molecular formula is C24H24F3N3O3. The molecule has 3 saturated carbocycles. The molecule has 9 heteroatoms. The zero-order valence-corrected chi connectivity index (χ0v) is 18.3. The van der Waals surface area contributed by atoms with E-state index in [0.717, 1.165) is 31.4 Å². The van der Waals surface area contributed by atoms with E-state index in [1.807, 2.05) is 0 Å². The van der Waals surface area contributed by atoms with Crippen LogP contribution in [-0.4, -0.2) is 35.6 Å². The van der Waals surface area contributed by atoms with Gasteiger partial charge in [-0.2, -0.15) is 13.2 Å². The third kappa shape index (κ3) is 3.69. The number of fused-ring (bicyclic) bond motifs is 3.